The molecule has 5 nitrogen and oxygen atoms in total. The lowest BCUT2D eigenvalue weighted by molar-refractivity contribution is 0.282. The number of aliphatic hydroxyl groups is 1. The summed E-state index contributed by atoms with van der Waals surface area (Å²) >= 11 is 0. The van der Waals surface area contributed by atoms with Gasteiger partial charge in [0.2, 0.25) is 5.88 Å². The monoisotopic (exact) mass is 259 g/mol. The van der Waals surface area contributed by atoms with Gasteiger partial charge in [-0.05, 0) is 18.1 Å². The van der Waals surface area contributed by atoms with Crippen molar-refractivity contribution in [1.82, 2.24) is 9.97 Å². The predicted octanol–water partition coefficient (Wildman–Crippen LogP) is 1.98. The van der Waals surface area contributed by atoms with Crippen LogP contribution >= 0.6 is 0 Å². The molecule has 100 valence electrons. The van der Waals surface area contributed by atoms with Crippen LogP contribution in [0.5, 0.6) is 5.88 Å². The van der Waals surface area contributed by atoms with E-state index >= 15 is 0 Å². The van der Waals surface area contributed by atoms with Crippen molar-refractivity contribution in [3.63, 3.8) is 0 Å². The molecule has 0 fully saturated rings. The number of nitrogens with one attached hydrogen (secondary N) is 1. The van der Waals surface area contributed by atoms with Crippen LogP contribution in [0.3, 0.4) is 0 Å². The number of nitrogens with zero attached hydrogens (tertiary/aromatic N) is 2. The van der Waals surface area contributed by atoms with Crippen LogP contribution in [-0.2, 0) is 13.2 Å². The number of hydrogen-bond donors (Lipinski definition) is 2. The molecular formula is C14H17N3O2. The number of anilines is 1. The van der Waals surface area contributed by atoms with Crippen molar-refractivity contribution in [3.05, 3.63) is 47.8 Å². The highest BCUT2D eigenvalue weighted by atomic mass is 16.5. The standard InChI is InChI=1S/C14H17N3O2/c1-2-19-14-7-13(16-10-17-14)15-8-11-3-5-12(9-18)6-4-11/h3-7,10,18H,2,8-9H2,1H3,(H,15,16,17). The fraction of sp³-hybridized carbons (Fsp3) is 0.286. The van der Waals surface area contributed by atoms with Crippen LogP contribution in [0, 0.1) is 0 Å². The van der Waals surface area contributed by atoms with Gasteiger partial charge in [0, 0.05) is 12.6 Å². The third kappa shape index (κ3) is 3.93. The Morgan fingerprint density at radius 1 is 1.16 bits per heavy atom. The maximum absolute atomic E-state index is 8.97. The Bertz CT molecular complexity index is 514. The molecule has 19 heavy (non-hydrogen) atoms. The second kappa shape index (κ2) is 6.70. The number of hydrogen-bond acceptors (Lipinski definition) is 5. The highest BCUT2D eigenvalue weighted by Crippen LogP contribution is 2.12. The Balaban J connectivity index is 1.95. The fourth-order valence-corrected chi connectivity index (χ4v) is 1.62. The van der Waals surface area contributed by atoms with Gasteiger partial charge in [0.15, 0.2) is 0 Å². The zero-order chi connectivity index (χ0) is 13.5. The SMILES string of the molecule is CCOc1cc(NCc2ccc(CO)cc2)ncn1. The predicted molar refractivity (Wildman–Crippen MR) is 72.9 cm³/mol. The van der Waals surface area contributed by atoms with Gasteiger partial charge in [0.05, 0.1) is 13.2 Å². The molecule has 1 heterocycles. The average molecular weight is 259 g/mol. The molecule has 0 radical (unpaired) electrons. The van der Waals surface area contributed by atoms with Crippen LogP contribution in [0.2, 0.25) is 0 Å². The van der Waals surface area contributed by atoms with Gasteiger partial charge < -0.3 is 15.2 Å². The van der Waals surface area contributed by atoms with Gasteiger partial charge in [0.25, 0.3) is 0 Å². The summed E-state index contributed by atoms with van der Waals surface area (Å²) in [7, 11) is 0. The molecule has 1 aromatic heterocycles. The summed E-state index contributed by atoms with van der Waals surface area (Å²) in [5.41, 5.74) is 2.03. The summed E-state index contributed by atoms with van der Waals surface area (Å²) in [6.07, 6.45) is 1.47. The van der Waals surface area contributed by atoms with E-state index in [-0.39, 0.29) is 6.61 Å². The third-order valence-electron chi connectivity index (χ3n) is 2.61. The molecule has 2 N–H and O–H groups in total. The Labute approximate surface area is 112 Å². The maximum Gasteiger partial charge on any atom is 0.218 e. The molecule has 1 aromatic carbocycles. The average Bonchev–Trinajstić information content (AvgIpc) is 2.46. The van der Waals surface area contributed by atoms with Gasteiger partial charge in [-0.1, -0.05) is 24.3 Å². The number of aliphatic hydroxyl groups excluding tert-OH is 1. The van der Waals surface area contributed by atoms with Crippen LogP contribution < -0.4 is 10.1 Å². The zero-order valence-corrected chi connectivity index (χ0v) is 10.8. The maximum atomic E-state index is 8.97. The first-order valence-electron chi connectivity index (χ1n) is 6.19. The zero-order valence-electron chi connectivity index (χ0n) is 10.8. The highest BCUT2D eigenvalue weighted by molar-refractivity contribution is 5.38. The second-order valence-corrected chi connectivity index (χ2v) is 4.00. The molecule has 2 aromatic rings. The molecule has 0 aliphatic carbocycles. The van der Waals surface area contributed by atoms with E-state index in [1.807, 2.05) is 31.2 Å². The van der Waals surface area contributed by atoms with E-state index in [1.165, 1.54) is 6.33 Å². The smallest absolute Gasteiger partial charge is 0.218 e. The summed E-state index contributed by atoms with van der Waals surface area (Å²) in [6, 6.07) is 9.53. The second-order valence-electron chi connectivity index (χ2n) is 4.00. The van der Waals surface area contributed by atoms with E-state index < -0.39 is 0 Å². The van der Waals surface area contributed by atoms with E-state index in [2.05, 4.69) is 15.3 Å². The van der Waals surface area contributed by atoms with E-state index in [9.17, 15) is 0 Å². The molecule has 0 bridgehead atoms. The van der Waals surface area contributed by atoms with Gasteiger partial charge in [-0.3, -0.25) is 0 Å². The van der Waals surface area contributed by atoms with Crippen LogP contribution in [0.4, 0.5) is 5.82 Å². The summed E-state index contributed by atoms with van der Waals surface area (Å²) in [5, 5.41) is 12.2. The highest BCUT2D eigenvalue weighted by Gasteiger charge is 1.99. The van der Waals surface area contributed by atoms with Crippen molar-refractivity contribution in [2.24, 2.45) is 0 Å². The molecule has 5 heteroatoms. The molecule has 0 spiro atoms. The minimum Gasteiger partial charge on any atom is -0.478 e. The molecule has 0 unspecified atom stereocenters. The quantitative estimate of drug-likeness (QED) is 0.830. The molecule has 0 saturated carbocycles. The Morgan fingerprint density at radius 2 is 1.89 bits per heavy atom. The van der Waals surface area contributed by atoms with E-state index in [4.69, 9.17) is 9.84 Å². The van der Waals surface area contributed by atoms with Gasteiger partial charge in [-0.15, -0.1) is 0 Å². The topological polar surface area (TPSA) is 67.3 Å². The van der Waals surface area contributed by atoms with Crippen LogP contribution in [-0.4, -0.2) is 21.7 Å². The number of ether oxygens (including phenoxy) is 1. The van der Waals surface area contributed by atoms with Crippen LogP contribution in [0.25, 0.3) is 0 Å². The molecular weight excluding hydrogens is 242 g/mol. The van der Waals surface area contributed by atoms with Gasteiger partial charge in [-0.25, -0.2) is 9.97 Å². The normalized spacial score (nSPS) is 10.2. The molecule has 0 aliphatic rings. The first-order valence-corrected chi connectivity index (χ1v) is 6.19. The van der Waals surface area contributed by atoms with Crippen molar-refractivity contribution < 1.29 is 9.84 Å². The molecule has 0 saturated heterocycles. The summed E-state index contributed by atoms with van der Waals surface area (Å²) in [5.74, 6) is 1.29. The fourth-order valence-electron chi connectivity index (χ4n) is 1.62. The Hall–Kier alpha value is -2.14. The van der Waals surface area contributed by atoms with Crippen molar-refractivity contribution in [2.45, 2.75) is 20.1 Å². The molecule has 0 amide bonds. The van der Waals surface area contributed by atoms with E-state index in [0.717, 1.165) is 16.9 Å². The van der Waals surface area contributed by atoms with Crippen LogP contribution in [0.15, 0.2) is 36.7 Å². The van der Waals surface area contributed by atoms with Crippen molar-refractivity contribution >= 4 is 5.82 Å². The van der Waals surface area contributed by atoms with Crippen molar-refractivity contribution in [3.8, 4) is 5.88 Å². The van der Waals surface area contributed by atoms with Crippen molar-refractivity contribution in [2.75, 3.05) is 11.9 Å². The number of rotatable bonds is 6. The summed E-state index contributed by atoms with van der Waals surface area (Å²) < 4.78 is 5.31. The lowest BCUT2D eigenvalue weighted by Crippen LogP contribution is -2.03. The first-order chi connectivity index (χ1) is 9.31. The van der Waals surface area contributed by atoms with Gasteiger partial charge in [0.1, 0.15) is 12.1 Å². The van der Waals surface area contributed by atoms with E-state index in [0.29, 0.717) is 19.0 Å². The first kappa shape index (κ1) is 13.3. The molecule has 0 aliphatic heterocycles. The Morgan fingerprint density at radius 3 is 2.58 bits per heavy atom. The third-order valence-corrected chi connectivity index (χ3v) is 2.61. The van der Waals surface area contributed by atoms with Gasteiger partial charge in [-0.2, -0.15) is 0 Å². The van der Waals surface area contributed by atoms with E-state index in [1.54, 1.807) is 6.07 Å². The lowest BCUT2D eigenvalue weighted by atomic mass is 10.1. The summed E-state index contributed by atoms with van der Waals surface area (Å²) in [6.45, 7) is 3.22. The molecule has 0 atom stereocenters. The Kier molecular flexibility index (Phi) is 4.69. The van der Waals surface area contributed by atoms with Crippen LogP contribution in [0.1, 0.15) is 18.1 Å². The minimum absolute atomic E-state index is 0.0668. The summed E-state index contributed by atoms with van der Waals surface area (Å²) in [4.78, 5) is 8.13. The number of aromatic nitrogens is 2. The molecule has 2 rings (SSSR count). The van der Waals surface area contributed by atoms with Crippen molar-refractivity contribution in [1.29, 1.82) is 0 Å². The van der Waals surface area contributed by atoms with Gasteiger partial charge >= 0.3 is 0 Å². The number of benzene rings is 1. The largest absolute Gasteiger partial charge is 0.478 e. The minimum atomic E-state index is 0.0668. The lowest BCUT2D eigenvalue weighted by Gasteiger charge is -2.07.